The summed E-state index contributed by atoms with van der Waals surface area (Å²) in [5.74, 6) is 1.94. The number of nitrogens with one attached hydrogen (secondary N) is 2. The summed E-state index contributed by atoms with van der Waals surface area (Å²) in [6.45, 7) is 5.06. The van der Waals surface area contributed by atoms with Crippen molar-refractivity contribution in [2.75, 3.05) is 39.6 Å². The van der Waals surface area contributed by atoms with Crippen molar-refractivity contribution in [3.63, 3.8) is 0 Å². The molecule has 1 aliphatic rings. The molecule has 2 rings (SSSR count). The number of hydrogen-bond donors (Lipinski definition) is 2. The van der Waals surface area contributed by atoms with Crippen molar-refractivity contribution in [1.29, 1.82) is 0 Å². The summed E-state index contributed by atoms with van der Waals surface area (Å²) >= 11 is 1.70. The largest absolute Gasteiger partial charge is 0.380 e. The van der Waals surface area contributed by atoms with Gasteiger partial charge in [-0.15, -0.1) is 34.2 Å². The normalized spacial score (nSPS) is 15.1. The van der Waals surface area contributed by atoms with E-state index in [0.717, 1.165) is 49.5 Å². The van der Waals surface area contributed by atoms with Crippen LogP contribution in [0.4, 0.5) is 0 Å². The van der Waals surface area contributed by atoms with Crippen molar-refractivity contribution < 1.29 is 4.74 Å². The van der Waals surface area contributed by atoms with Gasteiger partial charge in [-0.2, -0.15) is 0 Å². The van der Waals surface area contributed by atoms with Crippen molar-refractivity contribution in [3.05, 3.63) is 5.82 Å². The van der Waals surface area contributed by atoms with Gasteiger partial charge in [0.2, 0.25) is 0 Å². The first-order valence-electron chi connectivity index (χ1n) is 9.30. The van der Waals surface area contributed by atoms with Crippen LogP contribution in [0.15, 0.2) is 10.1 Å². The van der Waals surface area contributed by atoms with Gasteiger partial charge in [0.05, 0.1) is 6.61 Å². The molecule has 0 aromatic carbocycles. The van der Waals surface area contributed by atoms with Crippen LogP contribution < -0.4 is 10.6 Å². The predicted octanol–water partition coefficient (Wildman–Crippen LogP) is 2.87. The molecule has 1 aromatic rings. The van der Waals surface area contributed by atoms with Gasteiger partial charge in [0, 0.05) is 39.2 Å². The van der Waals surface area contributed by atoms with E-state index in [2.05, 4.69) is 36.6 Å². The van der Waals surface area contributed by atoms with E-state index < -0.39 is 0 Å². The summed E-state index contributed by atoms with van der Waals surface area (Å²) in [5.41, 5.74) is 0. The van der Waals surface area contributed by atoms with Crippen molar-refractivity contribution in [2.45, 2.75) is 56.6 Å². The number of halogens is 1. The highest BCUT2D eigenvalue weighted by molar-refractivity contribution is 14.0. The predicted molar refractivity (Wildman–Crippen MR) is 119 cm³/mol. The standard InChI is InChI=1S/C17H32N6OS.HI/c1-4-24-13-12-20-16(18-2)19-11-7-10-15-21-22-17(25-3)23(15)14-8-5-6-9-14;/h14H,4-13H2,1-3H3,(H2,18,19,20);1H. The topological polar surface area (TPSA) is 76.4 Å². The molecule has 0 aliphatic heterocycles. The molecule has 1 heterocycles. The maximum Gasteiger partial charge on any atom is 0.191 e. The van der Waals surface area contributed by atoms with Gasteiger partial charge in [0.15, 0.2) is 11.1 Å². The molecule has 1 aromatic heterocycles. The van der Waals surface area contributed by atoms with E-state index in [1.807, 2.05) is 6.92 Å². The molecule has 2 N–H and O–H groups in total. The maximum atomic E-state index is 5.32. The molecule has 9 heteroatoms. The van der Waals surface area contributed by atoms with Gasteiger partial charge < -0.3 is 19.9 Å². The molecule has 0 atom stereocenters. The number of hydrogen-bond acceptors (Lipinski definition) is 5. The molecule has 1 saturated carbocycles. The molecule has 0 radical (unpaired) electrons. The first kappa shape index (κ1) is 23.5. The second-order valence-electron chi connectivity index (χ2n) is 6.14. The minimum absolute atomic E-state index is 0. The van der Waals surface area contributed by atoms with Gasteiger partial charge in [-0.05, 0) is 32.4 Å². The van der Waals surface area contributed by atoms with Crippen molar-refractivity contribution in [2.24, 2.45) is 4.99 Å². The Balaban J connectivity index is 0.00000338. The summed E-state index contributed by atoms with van der Waals surface area (Å²) in [5, 5.41) is 16.5. The van der Waals surface area contributed by atoms with Crippen LogP contribution in [0, 0.1) is 0 Å². The number of guanidine groups is 1. The smallest absolute Gasteiger partial charge is 0.191 e. The first-order chi connectivity index (χ1) is 12.3. The Kier molecular flexibility index (Phi) is 12.3. The van der Waals surface area contributed by atoms with E-state index in [4.69, 9.17) is 4.74 Å². The van der Waals surface area contributed by atoms with Crippen molar-refractivity contribution in [1.82, 2.24) is 25.4 Å². The molecule has 26 heavy (non-hydrogen) atoms. The fourth-order valence-electron chi connectivity index (χ4n) is 3.21. The maximum absolute atomic E-state index is 5.32. The lowest BCUT2D eigenvalue weighted by Gasteiger charge is -2.16. The number of thioether (sulfide) groups is 1. The zero-order chi connectivity index (χ0) is 17.9. The third-order valence-corrected chi connectivity index (χ3v) is 5.09. The van der Waals surface area contributed by atoms with Crippen LogP contribution in [0.5, 0.6) is 0 Å². The average molecular weight is 496 g/mol. The molecule has 0 saturated heterocycles. The van der Waals surface area contributed by atoms with E-state index in [1.54, 1.807) is 18.8 Å². The average Bonchev–Trinajstić information content (AvgIpc) is 3.29. The molecule has 0 amide bonds. The van der Waals surface area contributed by atoms with Crippen LogP contribution >= 0.6 is 35.7 Å². The Bertz CT molecular complexity index is 533. The molecular formula is C17H33IN6OS. The van der Waals surface area contributed by atoms with Gasteiger partial charge in [0.1, 0.15) is 5.82 Å². The second kappa shape index (κ2) is 13.6. The van der Waals surface area contributed by atoms with E-state index in [-0.39, 0.29) is 24.0 Å². The van der Waals surface area contributed by atoms with Crippen LogP contribution in [-0.4, -0.2) is 60.3 Å². The fraction of sp³-hybridized carbons (Fsp3) is 0.824. The van der Waals surface area contributed by atoms with E-state index in [0.29, 0.717) is 12.6 Å². The Morgan fingerprint density at radius 2 is 2.00 bits per heavy atom. The number of aryl methyl sites for hydroxylation is 1. The van der Waals surface area contributed by atoms with E-state index >= 15 is 0 Å². The number of aromatic nitrogens is 3. The quantitative estimate of drug-likeness (QED) is 0.171. The number of rotatable bonds is 10. The van der Waals surface area contributed by atoms with Crippen LogP contribution in [0.2, 0.25) is 0 Å². The van der Waals surface area contributed by atoms with Gasteiger partial charge in [0.25, 0.3) is 0 Å². The van der Waals surface area contributed by atoms with E-state index in [9.17, 15) is 0 Å². The Hall–Kier alpha value is -0.550. The van der Waals surface area contributed by atoms with Gasteiger partial charge >= 0.3 is 0 Å². The molecule has 0 bridgehead atoms. The second-order valence-corrected chi connectivity index (χ2v) is 6.91. The van der Waals surface area contributed by atoms with Crippen molar-refractivity contribution in [3.8, 4) is 0 Å². The summed E-state index contributed by atoms with van der Waals surface area (Å²) in [6.07, 6.45) is 9.18. The number of nitrogens with zero attached hydrogens (tertiary/aromatic N) is 4. The highest BCUT2D eigenvalue weighted by atomic mass is 127. The molecule has 7 nitrogen and oxygen atoms in total. The highest BCUT2D eigenvalue weighted by Crippen LogP contribution is 2.33. The molecule has 1 fully saturated rings. The fourth-order valence-corrected chi connectivity index (χ4v) is 3.78. The number of aliphatic imine (C=N–C) groups is 1. The highest BCUT2D eigenvalue weighted by Gasteiger charge is 2.23. The van der Waals surface area contributed by atoms with Crippen LogP contribution in [0.25, 0.3) is 0 Å². The molecular weight excluding hydrogens is 463 g/mol. The summed E-state index contributed by atoms with van der Waals surface area (Å²) in [6, 6.07) is 0.591. The lowest BCUT2D eigenvalue weighted by molar-refractivity contribution is 0.152. The summed E-state index contributed by atoms with van der Waals surface area (Å²) < 4.78 is 7.70. The van der Waals surface area contributed by atoms with Crippen LogP contribution in [0.3, 0.4) is 0 Å². The minimum atomic E-state index is 0. The zero-order valence-corrected chi connectivity index (χ0v) is 19.3. The molecule has 150 valence electrons. The van der Waals surface area contributed by atoms with Gasteiger partial charge in [-0.1, -0.05) is 24.6 Å². The third kappa shape index (κ3) is 7.22. The number of ether oxygens (including phenoxy) is 1. The Morgan fingerprint density at radius 1 is 1.27 bits per heavy atom. The van der Waals surface area contributed by atoms with Crippen molar-refractivity contribution >= 4 is 41.7 Å². The Labute approximate surface area is 178 Å². The van der Waals surface area contributed by atoms with E-state index in [1.165, 1.54) is 25.7 Å². The third-order valence-electron chi connectivity index (χ3n) is 4.44. The van der Waals surface area contributed by atoms with Gasteiger partial charge in [-0.3, -0.25) is 4.99 Å². The Morgan fingerprint density at radius 3 is 2.65 bits per heavy atom. The first-order valence-corrected chi connectivity index (χ1v) is 10.5. The molecule has 0 unspecified atom stereocenters. The lowest BCUT2D eigenvalue weighted by atomic mass is 10.2. The SMILES string of the molecule is CCOCCNC(=NC)NCCCc1nnc(SC)n1C1CCCC1.I. The molecule has 0 spiro atoms. The summed E-state index contributed by atoms with van der Waals surface area (Å²) in [4.78, 5) is 4.23. The van der Waals surface area contributed by atoms with Crippen LogP contribution in [-0.2, 0) is 11.2 Å². The van der Waals surface area contributed by atoms with Crippen LogP contribution in [0.1, 0.15) is 50.9 Å². The minimum Gasteiger partial charge on any atom is -0.380 e. The zero-order valence-electron chi connectivity index (χ0n) is 16.2. The monoisotopic (exact) mass is 496 g/mol. The lowest BCUT2D eigenvalue weighted by Crippen LogP contribution is -2.39. The molecule has 1 aliphatic carbocycles. The van der Waals surface area contributed by atoms with Gasteiger partial charge in [-0.25, -0.2) is 0 Å². The summed E-state index contributed by atoms with van der Waals surface area (Å²) in [7, 11) is 1.79.